The van der Waals surface area contributed by atoms with Gasteiger partial charge < -0.3 is 20.4 Å². The van der Waals surface area contributed by atoms with Crippen molar-refractivity contribution in [2.75, 3.05) is 37.8 Å². The standard InChI is InChI=1S/C15H19F3N6O2/c1-23-5-3-8(12(23)25)19-11-7-10(15(16,17)18)21-14(22-11)20-9-4-6-24(2)13(9)26/h7-9H,3-6H2,1-2H3,(H2,19,20,21,22)/t8-,9-/m1/s1. The summed E-state index contributed by atoms with van der Waals surface area (Å²) in [6.07, 6.45) is -3.76. The first kappa shape index (κ1) is 18.2. The smallest absolute Gasteiger partial charge is 0.358 e. The van der Waals surface area contributed by atoms with Crippen molar-refractivity contribution >= 4 is 23.6 Å². The van der Waals surface area contributed by atoms with Crippen molar-refractivity contribution in [3.8, 4) is 0 Å². The van der Waals surface area contributed by atoms with Crippen LogP contribution >= 0.6 is 0 Å². The maximum Gasteiger partial charge on any atom is 0.433 e. The summed E-state index contributed by atoms with van der Waals surface area (Å²) in [4.78, 5) is 34.4. The Kier molecular flexibility index (Phi) is 4.63. The van der Waals surface area contributed by atoms with Crippen LogP contribution in [0.25, 0.3) is 0 Å². The fraction of sp³-hybridized carbons (Fsp3) is 0.600. The first-order chi connectivity index (χ1) is 12.1. The molecule has 0 bridgehead atoms. The van der Waals surface area contributed by atoms with Gasteiger partial charge in [-0.3, -0.25) is 9.59 Å². The molecule has 2 atom stereocenters. The maximum absolute atomic E-state index is 13.2. The van der Waals surface area contributed by atoms with Crippen molar-refractivity contribution in [3.05, 3.63) is 11.8 Å². The van der Waals surface area contributed by atoms with Crippen LogP contribution in [-0.4, -0.2) is 70.9 Å². The quantitative estimate of drug-likeness (QED) is 0.812. The highest BCUT2D eigenvalue weighted by atomic mass is 19.4. The number of halogens is 3. The van der Waals surface area contributed by atoms with Crippen LogP contribution in [-0.2, 0) is 15.8 Å². The monoisotopic (exact) mass is 372 g/mol. The summed E-state index contributed by atoms with van der Waals surface area (Å²) in [5.74, 6) is -0.843. The summed E-state index contributed by atoms with van der Waals surface area (Å²) >= 11 is 0. The number of aromatic nitrogens is 2. The molecule has 8 nitrogen and oxygen atoms in total. The number of carbonyl (C=O) groups is 2. The molecule has 26 heavy (non-hydrogen) atoms. The van der Waals surface area contributed by atoms with Crippen LogP contribution in [0.5, 0.6) is 0 Å². The lowest BCUT2D eigenvalue weighted by atomic mass is 10.2. The Morgan fingerprint density at radius 3 is 2.00 bits per heavy atom. The third kappa shape index (κ3) is 3.65. The number of carbonyl (C=O) groups excluding carboxylic acids is 2. The van der Waals surface area contributed by atoms with E-state index in [1.165, 1.54) is 9.80 Å². The highest BCUT2D eigenvalue weighted by molar-refractivity contribution is 5.87. The van der Waals surface area contributed by atoms with Crippen LogP contribution in [0.2, 0.25) is 0 Å². The van der Waals surface area contributed by atoms with Crippen molar-refractivity contribution in [2.24, 2.45) is 0 Å². The number of amides is 2. The summed E-state index contributed by atoms with van der Waals surface area (Å²) in [7, 11) is 3.24. The fourth-order valence-electron chi connectivity index (χ4n) is 2.98. The number of likely N-dealkylation sites (N-methyl/N-ethyl adjacent to an activating group) is 2. The molecule has 0 aromatic carbocycles. The molecule has 2 aliphatic heterocycles. The van der Waals surface area contributed by atoms with Gasteiger partial charge in [0.1, 0.15) is 17.9 Å². The van der Waals surface area contributed by atoms with Gasteiger partial charge in [-0.15, -0.1) is 0 Å². The molecule has 0 aliphatic carbocycles. The highest BCUT2D eigenvalue weighted by Crippen LogP contribution is 2.30. The molecule has 1 aromatic rings. The Bertz CT molecular complexity index is 676. The molecule has 142 valence electrons. The number of alkyl halides is 3. The minimum Gasteiger partial charge on any atom is -0.358 e. The Morgan fingerprint density at radius 1 is 1.00 bits per heavy atom. The Morgan fingerprint density at radius 2 is 1.54 bits per heavy atom. The number of anilines is 2. The van der Waals surface area contributed by atoms with Crippen molar-refractivity contribution < 1.29 is 22.8 Å². The zero-order valence-corrected chi connectivity index (χ0v) is 14.3. The van der Waals surface area contributed by atoms with Crippen LogP contribution in [0.3, 0.4) is 0 Å². The highest BCUT2D eigenvalue weighted by Gasteiger charge is 2.36. The van der Waals surface area contributed by atoms with Gasteiger partial charge in [0.05, 0.1) is 0 Å². The minimum atomic E-state index is -4.68. The van der Waals surface area contributed by atoms with Gasteiger partial charge >= 0.3 is 6.18 Å². The summed E-state index contributed by atoms with van der Waals surface area (Å²) < 4.78 is 39.5. The zero-order chi connectivity index (χ0) is 19.1. The molecule has 0 radical (unpaired) electrons. The van der Waals surface area contributed by atoms with E-state index in [9.17, 15) is 22.8 Å². The van der Waals surface area contributed by atoms with Crippen LogP contribution in [0.1, 0.15) is 18.5 Å². The molecule has 1 aromatic heterocycles. The first-order valence-electron chi connectivity index (χ1n) is 8.14. The SMILES string of the molecule is CN1CC[C@@H](Nc2cc(C(F)(F)F)nc(N[C@@H]3CCN(C)C3=O)n2)C1=O. The predicted molar refractivity (Wildman–Crippen MR) is 86.4 cm³/mol. The van der Waals surface area contributed by atoms with Crippen LogP contribution in [0, 0.1) is 0 Å². The molecular formula is C15H19F3N6O2. The van der Waals surface area contributed by atoms with Gasteiger partial charge in [0.15, 0.2) is 5.69 Å². The second-order valence-electron chi connectivity index (χ2n) is 6.45. The van der Waals surface area contributed by atoms with E-state index >= 15 is 0 Å². The molecule has 0 spiro atoms. The molecule has 3 rings (SSSR count). The second kappa shape index (κ2) is 6.61. The number of nitrogens with one attached hydrogen (secondary N) is 2. The van der Waals surface area contributed by atoms with Crippen molar-refractivity contribution in [1.29, 1.82) is 0 Å². The molecule has 2 aliphatic rings. The normalized spacial score (nSPS) is 23.7. The summed E-state index contributed by atoms with van der Waals surface area (Å²) in [5.41, 5.74) is -1.14. The average Bonchev–Trinajstić information content (AvgIpc) is 3.04. The Hall–Kier alpha value is -2.59. The van der Waals surface area contributed by atoms with E-state index in [1.807, 2.05) is 0 Å². The minimum absolute atomic E-state index is 0.109. The summed E-state index contributed by atoms with van der Waals surface area (Å²) in [6, 6.07) is -0.544. The number of hydrogen-bond acceptors (Lipinski definition) is 6. The van der Waals surface area contributed by atoms with E-state index in [2.05, 4.69) is 20.6 Å². The van der Waals surface area contributed by atoms with Gasteiger partial charge in [-0.05, 0) is 12.8 Å². The first-order valence-corrected chi connectivity index (χ1v) is 8.14. The topological polar surface area (TPSA) is 90.5 Å². The largest absolute Gasteiger partial charge is 0.433 e. The lowest BCUT2D eigenvalue weighted by Crippen LogP contribution is -2.33. The fourth-order valence-corrected chi connectivity index (χ4v) is 2.98. The van der Waals surface area contributed by atoms with Gasteiger partial charge in [0.25, 0.3) is 0 Å². The maximum atomic E-state index is 13.2. The van der Waals surface area contributed by atoms with Gasteiger partial charge in [-0.25, -0.2) is 4.98 Å². The molecular weight excluding hydrogens is 353 g/mol. The van der Waals surface area contributed by atoms with Crippen molar-refractivity contribution in [3.63, 3.8) is 0 Å². The lowest BCUT2D eigenvalue weighted by Gasteiger charge is -2.17. The Balaban J connectivity index is 1.84. The number of likely N-dealkylation sites (tertiary alicyclic amines) is 2. The molecule has 0 unspecified atom stereocenters. The molecule has 2 amide bonds. The van der Waals surface area contributed by atoms with Crippen LogP contribution in [0.15, 0.2) is 6.07 Å². The van der Waals surface area contributed by atoms with Crippen molar-refractivity contribution in [2.45, 2.75) is 31.1 Å². The van der Waals surface area contributed by atoms with Crippen molar-refractivity contribution in [1.82, 2.24) is 19.8 Å². The van der Waals surface area contributed by atoms with Gasteiger partial charge in [-0.1, -0.05) is 0 Å². The number of nitrogens with zero attached hydrogens (tertiary/aromatic N) is 4. The van der Waals surface area contributed by atoms with Gasteiger partial charge in [0, 0.05) is 33.3 Å². The van der Waals surface area contributed by atoms with Crippen LogP contribution in [0.4, 0.5) is 24.9 Å². The molecule has 2 N–H and O–H groups in total. The molecule has 0 saturated carbocycles. The molecule has 2 fully saturated rings. The van der Waals surface area contributed by atoms with E-state index in [4.69, 9.17) is 0 Å². The lowest BCUT2D eigenvalue weighted by molar-refractivity contribution is -0.141. The van der Waals surface area contributed by atoms with Gasteiger partial charge in [-0.2, -0.15) is 18.2 Å². The molecule has 3 heterocycles. The second-order valence-corrected chi connectivity index (χ2v) is 6.45. The molecule has 2 saturated heterocycles. The van der Waals surface area contributed by atoms with E-state index in [0.29, 0.717) is 25.9 Å². The van der Waals surface area contributed by atoms with E-state index in [-0.39, 0.29) is 23.6 Å². The summed E-state index contributed by atoms with van der Waals surface area (Å²) in [5, 5.41) is 5.41. The zero-order valence-electron chi connectivity index (χ0n) is 14.3. The van der Waals surface area contributed by atoms with Gasteiger partial charge in [0.2, 0.25) is 17.8 Å². The third-order valence-corrected chi connectivity index (χ3v) is 4.50. The number of hydrogen-bond donors (Lipinski definition) is 2. The third-order valence-electron chi connectivity index (χ3n) is 4.50. The average molecular weight is 372 g/mol. The molecule has 11 heteroatoms. The van der Waals surface area contributed by atoms with E-state index < -0.39 is 24.0 Å². The van der Waals surface area contributed by atoms with Crippen LogP contribution < -0.4 is 10.6 Å². The number of rotatable bonds is 4. The summed E-state index contributed by atoms with van der Waals surface area (Å²) in [6.45, 7) is 1.02. The predicted octanol–water partition coefficient (Wildman–Crippen LogP) is 0.781. The van der Waals surface area contributed by atoms with E-state index in [1.54, 1.807) is 14.1 Å². The van der Waals surface area contributed by atoms with E-state index in [0.717, 1.165) is 6.07 Å². The Labute approximate surface area is 147 Å².